The van der Waals surface area contributed by atoms with Crippen molar-refractivity contribution in [2.24, 2.45) is 0 Å². The summed E-state index contributed by atoms with van der Waals surface area (Å²) in [6, 6.07) is 12.0. The number of halogens is 2. The predicted octanol–water partition coefficient (Wildman–Crippen LogP) is 4.73. The average molecular weight is 384 g/mol. The predicted molar refractivity (Wildman–Crippen MR) is 81.8 cm³/mol. The van der Waals surface area contributed by atoms with Crippen LogP contribution in [-0.4, -0.2) is 6.61 Å². The molecule has 98 valence electrons. The van der Waals surface area contributed by atoms with Gasteiger partial charge in [-0.05, 0) is 35.9 Å². The molecule has 0 N–H and O–H groups in total. The summed E-state index contributed by atoms with van der Waals surface area (Å²) in [7, 11) is 0. The third-order valence-electron chi connectivity index (χ3n) is 3.02. The van der Waals surface area contributed by atoms with Crippen molar-refractivity contribution in [3.8, 4) is 11.5 Å². The van der Waals surface area contributed by atoms with Crippen LogP contribution in [0.5, 0.6) is 11.5 Å². The van der Waals surface area contributed by atoms with Crippen molar-refractivity contribution in [2.75, 3.05) is 6.61 Å². The Hall–Kier alpha value is -1.00. The number of hydrogen-bond donors (Lipinski definition) is 0. The smallest absolute Gasteiger partial charge is 0.129 e. The zero-order valence-corrected chi connectivity index (χ0v) is 13.3. The lowest BCUT2D eigenvalue weighted by atomic mass is 10.1. The van der Waals surface area contributed by atoms with E-state index in [-0.39, 0.29) is 0 Å². The third kappa shape index (κ3) is 2.95. The standard InChI is InChI=1S/C15H12Br2O2/c16-12-2-1-3-14(8-12)19-9-11-7-13(17)6-10-4-5-18-15(10)11/h1-3,6-8H,4-5,9H2. The van der Waals surface area contributed by atoms with Crippen LogP contribution in [-0.2, 0) is 13.0 Å². The summed E-state index contributed by atoms with van der Waals surface area (Å²) in [4.78, 5) is 0. The Balaban J connectivity index is 1.81. The Bertz CT molecular complexity index is 611. The molecule has 0 amide bonds. The molecule has 2 aromatic rings. The van der Waals surface area contributed by atoms with E-state index in [2.05, 4.69) is 44.0 Å². The van der Waals surface area contributed by atoms with Gasteiger partial charge in [0.15, 0.2) is 0 Å². The lowest BCUT2D eigenvalue weighted by Crippen LogP contribution is -1.98. The molecule has 1 heterocycles. The van der Waals surface area contributed by atoms with Gasteiger partial charge < -0.3 is 9.47 Å². The second-order valence-electron chi connectivity index (χ2n) is 4.40. The largest absolute Gasteiger partial charge is 0.493 e. The highest BCUT2D eigenvalue weighted by Crippen LogP contribution is 2.33. The molecular formula is C15H12Br2O2. The number of ether oxygens (including phenoxy) is 2. The molecule has 1 aliphatic rings. The zero-order valence-electron chi connectivity index (χ0n) is 10.2. The molecule has 0 atom stereocenters. The fourth-order valence-electron chi connectivity index (χ4n) is 2.17. The maximum Gasteiger partial charge on any atom is 0.129 e. The minimum Gasteiger partial charge on any atom is -0.493 e. The quantitative estimate of drug-likeness (QED) is 0.762. The van der Waals surface area contributed by atoms with E-state index in [1.165, 1.54) is 5.56 Å². The molecule has 0 saturated heterocycles. The Labute approximate surface area is 129 Å². The van der Waals surface area contributed by atoms with Crippen LogP contribution in [0.4, 0.5) is 0 Å². The molecule has 19 heavy (non-hydrogen) atoms. The SMILES string of the molecule is Brc1cccc(OCc2cc(Br)cc3c2OCC3)c1. The van der Waals surface area contributed by atoms with Gasteiger partial charge in [-0.15, -0.1) is 0 Å². The van der Waals surface area contributed by atoms with Crippen molar-refractivity contribution in [1.29, 1.82) is 0 Å². The molecule has 0 aromatic heterocycles. The number of benzene rings is 2. The van der Waals surface area contributed by atoms with Crippen LogP contribution in [0.25, 0.3) is 0 Å². The summed E-state index contributed by atoms with van der Waals surface area (Å²) in [6.45, 7) is 1.27. The molecule has 0 unspecified atom stereocenters. The molecule has 0 bridgehead atoms. The molecule has 4 heteroatoms. The Morgan fingerprint density at radius 3 is 2.84 bits per heavy atom. The van der Waals surface area contributed by atoms with E-state index >= 15 is 0 Å². The van der Waals surface area contributed by atoms with Crippen LogP contribution in [0.3, 0.4) is 0 Å². The molecule has 2 nitrogen and oxygen atoms in total. The highest BCUT2D eigenvalue weighted by Gasteiger charge is 2.17. The molecule has 0 radical (unpaired) electrons. The van der Waals surface area contributed by atoms with Gasteiger partial charge in [0.1, 0.15) is 18.1 Å². The summed E-state index contributed by atoms with van der Waals surface area (Å²) < 4.78 is 13.6. The van der Waals surface area contributed by atoms with Crippen LogP contribution in [0, 0.1) is 0 Å². The molecule has 0 saturated carbocycles. The lowest BCUT2D eigenvalue weighted by Gasteiger charge is -2.11. The van der Waals surface area contributed by atoms with E-state index in [1.807, 2.05) is 24.3 Å². The maximum atomic E-state index is 5.82. The summed E-state index contributed by atoms with van der Waals surface area (Å²) in [5.74, 6) is 1.83. The summed E-state index contributed by atoms with van der Waals surface area (Å²) >= 11 is 6.97. The van der Waals surface area contributed by atoms with Crippen molar-refractivity contribution < 1.29 is 9.47 Å². The van der Waals surface area contributed by atoms with E-state index in [1.54, 1.807) is 0 Å². The topological polar surface area (TPSA) is 18.5 Å². The molecule has 3 rings (SSSR count). The number of fused-ring (bicyclic) bond motifs is 1. The van der Waals surface area contributed by atoms with E-state index in [9.17, 15) is 0 Å². The molecule has 1 aliphatic heterocycles. The van der Waals surface area contributed by atoms with E-state index in [0.717, 1.165) is 39.0 Å². The first kappa shape index (κ1) is 13.0. The first-order valence-corrected chi connectivity index (χ1v) is 7.63. The van der Waals surface area contributed by atoms with Crippen LogP contribution < -0.4 is 9.47 Å². The lowest BCUT2D eigenvalue weighted by molar-refractivity contribution is 0.291. The van der Waals surface area contributed by atoms with Gasteiger partial charge in [-0.1, -0.05) is 37.9 Å². The summed E-state index contributed by atoms with van der Waals surface area (Å²) in [5, 5.41) is 0. The van der Waals surface area contributed by atoms with Crippen LogP contribution in [0.1, 0.15) is 11.1 Å². The van der Waals surface area contributed by atoms with Gasteiger partial charge >= 0.3 is 0 Å². The second kappa shape index (κ2) is 5.55. The Morgan fingerprint density at radius 1 is 1.11 bits per heavy atom. The monoisotopic (exact) mass is 382 g/mol. The normalized spacial score (nSPS) is 12.9. The van der Waals surface area contributed by atoms with E-state index in [4.69, 9.17) is 9.47 Å². The minimum atomic E-state index is 0.512. The summed E-state index contributed by atoms with van der Waals surface area (Å²) in [6.07, 6.45) is 0.971. The van der Waals surface area contributed by atoms with Gasteiger partial charge in [-0.2, -0.15) is 0 Å². The fraction of sp³-hybridized carbons (Fsp3) is 0.200. The van der Waals surface area contributed by atoms with Crippen molar-refractivity contribution in [2.45, 2.75) is 13.0 Å². The Morgan fingerprint density at radius 2 is 2.00 bits per heavy atom. The van der Waals surface area contributed by atoms with Gasteiger partial charge in [0, 0.05) is 20.9 Å². The van der Waals surface area contributed by atoms with E-state index < -0.39 is 0 Å². The molecule has 0 aliphatic carbocycles. The van der Waals surface area contributed by atoms with Gasteiger partial charge in [0.05, 0.1) is 6.61 Å². The number of hydrogen-bond acceptors (Lipinski definition) is 2. The van der Waals surface area contributed by atoms with Crippen molar-refractivity contribution in [3.05, 3.63) is 56.5 Å². The Kier molecular flexibility index (Phi) is 3.80. The van der Waals surface area contributed by atoms with Crippen LogP contribution in [0.2, 0.25) is 0 Å². The molecular weight excluding hydrogens is 372 g/mol. The molecule has 0 fully saturated rings. The third-order valence-corrected chi connectivity index (χ3v) is 3.97. The van der Waals surface area contributed by atoms with Crippen molar-refractivity contribution in [1.82, 2.24) is 0 Å². The van der Waals surface area contributed by atoms with Gasteiger partial charge in [-0.25, -0.2) is 0 Å². The maximum absolute atomic E-state index is 5.82. The highest BCUT2D eigenvalue weighted by atomic mass is 79.9. The minimum absolute atomic E-state index is 0.512. The van der Waals surface area contributed by atoms with Gasteiger partial charge in [0.25, 0.3) is 0 Å². The average Bonchev–Trinajstić information content (AvgIpc) is 2.84. The molecule has 2 aromatic carbocycles. The zero-order chi connectivity index (χ0) is 13.2. The van der Waals surface area contributed by atoms with Crippen molar-refractivity contribution in [3.63, 3.8) is 0 Å². The van der Waals surface area contributed by atoms with Crippen LogP contribution >= 0.6 is 31.9 Å². The van der Waals surface area contributed by atoms with Gasteiger partial charge in [-0.3, -0.25) is 0 Å². The van der Waals surface area contributed by atoms with Gasteiger partial charge in [0.2, 0.25) is 0 Å². The van der Waals surface area contributed by atoms with Crippen molar-refractivity contribution >= 4 is 31.9 Å². The van der Waals surface area contributed by atoms with Crippen LogP contribution in [0.15, 0.2) is 45.3 Å². The first-order valence-electron chi connectivity index (χ1n) is 6.05. The second-order valence-corrected chi connectivity index (χ2v) is 6.23. The molecule has 0 spiro atoms. The summed E-state index contributed by atoms with van der Waals surface area (Å²) in [5.41, 5.74) is 2.34. The first-order chi connectivity index (χ1) is 9.22. The van der Waals surface area contributed by atoms with E-state index in [0.29, 0.717) is 6.61 Å². The highest BCUT2D eigenvalue weighted by molar-refractivity contribution is 9.10. The number of rotatable bonds is 3. The fourth-order valence-corrected chi connectivity index (χ4v) is 3.10.